The minimum atomic E-state index is -0.583. The van der Waals surface area contributed by atoms with E-state index in [1.807, 2.05) is 36.0 Å². The zero-order valence-electron chi connectivity index (χ0n) is 17.9. The first-order chi connectivity index (χ1) is 15.9. The number of amides is 1. The number of hydrogen-bond acceptors (Lipinski definition) is 5. The number of nitrogens with two attached hydrogens (primary N) is 1. The molecule has 166 valence electrons. The molecule has 7 nitrogen and oxygen atoms in total. The van der Waals surface area contributed by atoms with E-state index in [1.54, 1.807) is 42.2 Å². The fourth-order valence-electron chi connectivity index (χ4n) is 3.69. The molecule has 0 aliphatic heterocycles. The van der Waals surface area contributed by atoms with Crippen LogP contribution < -0.4 is 10.5 Å². The van der Waals surface area contributed by atoms with E-state index in [0.29, 0.717) is 16.2 Å². The van der Waals surface area contributed by atoms with E-state index in [-0.39, 0.29) is 5.82 Å². The number of ether oxygens (including phenoxy) is 1. The molecule has 0 saturated heterocycles. The van der Waals surface area contributed by atoms with Gasteiger partial charge in [0.2, 0.25) is 0 Å². The molecule has 0 aliphatic carbocycles. The van der Waals surface area contributed by atoms with Crippen LogP contribution in [0.3, 0.4) is 0 Å². The molecule has 9 heteroatoms. The summed E-state index contributed by atoms with van der Waals surface area (Å²) in [6.45, 7) is 1.80. The lowest BCUT2D eigenvalue weighted by molar-refractivity contribution is 0.0998. The topological polar surface area (TPSA) is 87.4 Å². The number of aryl methyl sites for hydroxylation is 1. The molecule has 0 fully saturated rings. The predicted octanol–water partition coefficient (Wildman–Crippen LogP) is 4.84. The van der Waals surface area contributed by atoms with Crippen LogP contribution in [-0.2, 0) is 7.05 Å². The molecule has 2 N–H and O–H groups in total. The van der Waals surface area contributed by atoms with Crippen molar-refractivity contribution >= 4 is 22.9 Å². The third kappa shape index (κ3) is 3.98. The first-order valence-electron chi connectivity index (χ1n) is 10.2. The second-order valence-corrected chi connectivity index (χ2v) is 8.73. The number of carbonyl (C=O) groups excluding carboxylic acids is 1. The Kier molecular flexibility index (Phi) is 5.18. The number of aromatic nitrogens is 4. The summed E-state index contributed by atoms with van der Waals surface area (Å²) >= 11 is 1.24. The van der Waals surface area contributed by atoms with Crippen molar-refractivity contribution in [1.82, 2.24) is 19.2 Å². The predicted molar refractivity (Wildman–Crippen MR) is 125 cm³/mol. The first-order valence-corrected chi connectivity index (χ1v) is 11.0. The summed E-state index contributed by atoms with van der Waals surface area (Å²) in [5.74, 6) is -0.568. The highest BCUT2D eigenvalue weighted by Gasteiger charge is 2.21. The van der Waals surface area contributed by atoms with Gasteiger partial charge in [0, 0.05) is 31.1 Å². The van der Waals surface area contributed by atoms with E-state index in [2.05, 4.69) is 10.1 Å². The van der Waals surface area contributed by atoms with Crippen LogP contribution in [0.1, 0.15) is 28.3 Å². The van der Waals surface area contributed by atoms with Crippen LogP contribution in [0.5, 0.6) is 5.75 Å². The van der Waals surface area contributed by atoms with Crippen LogP contribution >= 0.6 is 11.3 Å². The number of thiophene rings is 1. The molecule has 0 saturated carbocycles. The second kappa shape index (κ2) is 8.18. The molecule has 1 amide bonds. The number of carbonyl (C=O) groups is 1. The highest BCUT2D eigenvalue weighted by Crippen LogP contribution is 2.38. The number of halogens is 1. The molecule has 0 bridgehead atoms. The van der Waals surface area contributed by atoms with Crippen LogP contribution in [0.2, 0.25) is 0 Å². The van der Waals surface area contributed by atoms with Gasteiger partial charge in [0.15, 0.2) is 0 Å². The number of rotatable bonds is 6. The van der Waals surface area contributed by atoms with Crippen molar-refractivity contribution in [3.05, 3.63) is 83.5 Å². The molecular weight excluding hydrogens is 441 g/mol. The fourth-order valence-corrected chi connectivity index (χ4v) is 4.64. The molecular formula is C24H20FN5O2S. The van der Waals surface area contributed by atoms with Crippen molar-refractivity contribution in [3.63, 3.8) is 0 Å². The molecule has 33 heavy (non-hydrogen) atoms. The maximum absolute atomic E-state index is 13.6. The van der Waals surface area contributed by atoms with E-state index in [9.17, 15) is 9.18 Å². The van der Waals surface area contributed by atoms with Crippen LogP contribution in [0.4, 0.5) is 4.39 Å². The number of pyridine rings is 1. The molecule has 0 radical (unpaired) electrons. The van der Waals surface area contributed by atoms with Crippen molar-refractivity contribution in [1.29, 1.82) is 0 Å². The van der Waals surface area contributed by atoms with Crippen molar-refractivity contribution < 1.29 is 13.9 Å². The number of hydrogen-bond donors (Lipinski definition) is 1. The number of benzene rings is 1. The van der Waals surface area contributed by atoms with Crippen LogP contribution in [-0.4, -0.2) is 25.1 Å². The summed E-state index contributed by atoms with van der Waals surface area (Å²) in [4.78, 5) is 17.7. The van der Waals surface area contributed by atoms with Gasteiger partial charge in [-0.3, -0.25) is 13.9 Å². The summed E-state index contributed by atoms with van der Waals surface area (Å²) in [6.07, 6.45) is 6.96. The number of imidazole rings is 1. The van der Waals surface area contributed by atoms with Crippen LogP contribution in [0.15, 0.2) is 67.3 Å². The molecule has 4 aromatic heterocycles. The zero-order chi connectivity index (χ0) is 23.1. The summed E-state index contributed by atoms with van der Waals surface area (Å²) in [6, 6.07) is 11.9. The van der Waals surface area contributed by atoms with Crippen LogP contribution in [0.25, 0.3) is 27.3 Å². The maximum Gasteiger partial charge on any atom is 0.262 e. The molecule has 5 aromatic rings. The Balaban J connectivity index is 1.50. The lowest BCUT2D eigenvalue weighted by Crippen LogP contribution is -2.12. The van der Waals surface area contributed by atoms with Crippen molar-refractivity contribution in [2.24, 2.45) is 12.8 Å². The van der Waals surface area contributed by atoms with E-state index in [4.69, 9.17) is 10.5 Å². The largest absolute Gasteiger partial charge is 0.484 e. The van der Waals surface area contributed by atoms with Gasteiger partial charge in [-0.2, -0.15) is 5.10 Å². The molecule has 1 unspecified atom stereocenters. The van der Waals surface area contributed by atoms with Gasteiger partial charge in [0.1, 0.15) is 28.2 Å². The Morgan fingerprint density at radius 3 is 2.76 bits per heavy atom. The molecule has 0 aliphatic rings. The van der Waals surface area contributed by atoms with Gasteiger partial charge in [-0.05, 0) is 42.3 Å². The van der Waals surface area contributed by atoms with Crippen molar-refractivity contribution in [2.75, 3.05) is 0 Å². The number of fused-ring (bicyclic) bond motifs is 1. The Morgan fingerprint density at radius 1 is 1.18 bits per heavy atom. The molecule has 4 heterocycles. The van der Waals surface area contributed by atoms with Crippen molar-refractivity contribution in [3.8, 4) is 27.4 Å². The Bertz CT molecular complexity index is 1490. The van der Waals surface area contributed by atoms with Gasteiger partial charge >= 0.3 is 0 Å². The van der Waals surface area contributed by atoms with Gasteiger partial charge in [-0.15, -0.1) is 11.3 Å². The highest BCUT2D eigenvalue weighted by atomic mass is 32.1. The third-order valence-electron chi connectivity index (χ3n) is 5.35. The fraction of sp³-hybridized carbons (Fsp3) is 0.125. The maximum atomic E-state index is 13.6. The molecule has 1 atom stereocenters. The monoisotopic (exact) mass is 461 g/mol. The molecule has 0 spiro atoms. The Hall–Kier alpha value is -3.98. The number of nitrogens with zero attached hydrogens (tertiary/aromatic N) is 4. The molecule has 5 rings (SSSR count). The van der Waals surface area contributed by atoms with Gasteiger partial charge in [0.25, 0.3) is 5.91 Å². The summed E-state index contributed by atoms with van der Waals surface area (Å²) in [5.41, 5.74) is 9.85. The summed E-state index contributed by atoms with van der Waals surface area (Å²) in [7, 11) is 1.87. The van der Waals surface area contributed by atoms with E-state index < -0.39 is 12.0 Å². The first kappa shape index (κ1) is 20.9. The quantitative estimate of drug-likeness (QED) is 0.392. The molecule has 1 aromatic carbocycles. The standard InChI is InChI=1S/C24H20FN5O2S/c1-14(15-4-3-5-18(25)8-15)32-20-10-21(33-23(20)24(26)31)19-12-27-22-9-16(6-7-30(19)22)17-11-28-29(2)13-17/h3-14H,1-2H3,(H2,26,31). The number of primary amides is 1. The van der Waals surface area contributed by atoms with Gasteiger partial charge < -0.3 is 10.5 Å². The summed E-state index contributed by atoms with van der Waals surface area (Å²) in [5, 5.41) is 4.22. The van der Waals surface area contributed by atoms with Gasteiger partial charge in [-0.25, -0.2) is 9.37 Å². The second-order valence-electron chi connectivity index (χ2n) is 7.67. The lowest BCUT2D eigenvalue weighted by Gasteiger charge is -2.14. The SMILES string of the molecule is CC(Oc1cc(-c2cnc3cc(-c4cnn(C)c4)ccn23)sc1C(N)=O)c1cccc(F)c1. The highest BCUT2D eigenvalue weighted by molar-refractivity contribution is 7.17. The normalized spacial score (nSPS) is 12.2. The van der Waals surface area contributed by atoms with Crippen molar-refractivity contribution in [2.45, 2.75) is 13.0 Å². The zero-order valence-corrected chi connectivity index (χ0v) is 18.7. The minimum absolute atomic E-state index is 0.301. The third-order valence-corrected chi connectivity index (χ3v) is 6.50. The average molecular weight is 462 g/mol. The van der Waals surface area contributed by atoms with Gasteiger partial charge in [0.05, 0.1) is 23.0 Å². The van der Waals surface area contributed by atoms with Crippen LogP contribution in [0, 0.1) is 5.82 Å². The van der Waals surface area contributed by atoms with Gasteiger partial charge in [-0.1, -0.05) is 12.1 Å². The smallest absolute Gasteiger partial charge is 0.262 e. The van der Waals surface area contributed by atoms with E-state index in [0.717, 1.165) is 27.3 Å². The minimum Gasteiger partial charge on any atom is -0.484 e. The lowest BCUT2D eigenvalue weighted by atomic mass is 10.1. The van der Waals surface area contributed by atoms with E-state index in [1.165, 1.54) is 23.5 Å². The average Bonchev–Trinajstić information content (AvgIpc) is 3.51. The Morgan fingerprint density at radius 2 is 2.03 bits per heavy atom. The Labute approximate surface area is 192 Å². The summed E-state index contributed by atoms with van der Waals surface area (Å²) < 4.78 is 23.3. The van der Waals surface area contributed by atoms with E-state index >= 15 is 0 Å².